The van der Waals surface area contributed by atoms with Gasteiger partial charge in [-0.05, 0) is 42.0 Å². The number of hydrogen-bond acceptors (Lipinski definition) is 4. The summed E-state index contributed by atoms with van der Waals surface area (Å²) in [6.07, 6.45) is -4.30. The molecule has 1 fully saturated rings. The second kappa shape index (κ2) is 9.34. The van der Waals surface area contributed by atoms with Crippen molar-refractivity contribution in [1.82, 2.24) is 4.31 Å². The molecule has 0 saturated carbocycles. The number of ether oxygens (including phenoxy) is 1. The lowest BCUT2D eigenvalue weighted by atomic mass is 9.85. The SMILES string of the molecule is CC(C)(C)c1ccccc1NC(=O)C1CCN(S(=O)(=O)c2cccc(OC(F)(F)F)c2)CC1. The molecular formula is C23H27F3N2O4S. The highest BCUT2D eigenvalue weighted by Crippen LogP contribution is 2.31. The summed E-state index contributed by atoms with van der Waals surface area (Å²) in [6.45, 7) is 6.33. The van der Waals surface area contributed by atoms with Gasteiger partial charge >= 0.3 is 6.36 Å². The fourth-order valence-electron chi connectivity index (χ4n) is 3.82. The molecule has 1 aliphatic heterocycles. The van der Waals surface area contributed by atoms with E-state index in [-0.39, 0.29) is 35.2 Å². The van der Waals surface area contributed by atoms with Gasteiger partial charge in [-0.1, -0.05) is 45.0 Å². The van der Waals surface area contributed by atoms with E-state index in [2.05, 4.69) is 30.8 Å². The molecule has 0 bridgehead atoms. The number of hydrogen-bond donors (Lipinski definition) is 1. The van der Waals surface area contributed by atoms with Crippen LogP contribution >= 0.6 is 0 Å². The average molecular weight is 485 g/mol. The third kappa shape index (κ3) is 6.26. The highest BCUT2D eigenvalue weighted by Gasteiger charge is 2.34. The number of alkyl halides is 3. The molecule has 3 rings (SSSR count). The molecule has 0 aliphatic carbocycles. The summed E-state index contributed by atoms with van der Waals surface area (Å²) in [7, 11) is -4.02. The van der Waals surface area contributed by atoms with E-state index < -0.39 is 22.1 Å². The van der Waals surface area contributed by atoms with Crippen LogP contribution in [0.1, 0.15) is 39.2 Å². The number of piperidine rings is 1. The van der Waals surface area contributed by atoms with Crippen LogP contribution in [-0.2, 0) is 20.2 Å². The molecule has 1 heterocycles. The number of sulfonamides is 1. The van der Waals surface area contributed by atoms with Crippen LogP contribution in [0.5, 0.6) is 5.75 Å². The first kappa shape index (κ1) is 25.0. The van der Waals surface area contributed by atoms with E-state index in [0.717, 1.165) is 23.4 Å². The van der Waals surface area contributed by atoms with Crippen LogP contribution in [0.25, 0.3) is 0 Å². The zero-order chi connectivity index (χ0) is 24.4. The fraction of sp³-hybridized carbons (Fsp3) is 0.435. The van der Waals surface area contributed by atoms with E-state index in [0.29, 0.717) is 12.8 Å². The third-order valence-corrected chi connectivity index (χ3v) is 7.39. The van der Waals surface area contributed by atoms with Crippen molar-refractivity contribution in [2.45, 2.75) is 50.3 Å². The third-order valence-electron chi connectivity index (χ3n) is 5.49. The summed E-state index contributed by atoms with van der Waals surface area (Å²) in [4.78, 5) is 12.6. The minimum Gasteiger partial charge on any atom is -0.406 e. The predicted octanol–water partition coefficient (Wildman–Crippen LogP) is 4.92. The molecule has 180 valence electrons. The number of amides is 1. The normalized spacial score (nSPS) is 16.4. The molecule has 1 amide bonds. The van der Waals surface area contributed by atoms with Crippen molar-refractivity contribution in [1.29, 1.82) is 0 Å². The van der Waals surface area contributed by atoms with Crippen molar-refractivity contribution in [2.75, 3.05) is 18.4 Å². The number of rotatable bonds is 5. The van der Waals surface area contributed by atoms with Crippen molar-refractivity contribution in [2.24, 2.45) is 5.92 Å². The molecule has 0 radical (unpaired) electrons. The van der Waals surface area contributed by atoms with Crippen molar-refractivity contribution in [3.8, 4) is 5.75 Å². The zero-order valence-corrected chi connectivity index (χ0v) is 19.5. The van der Waals surface area contributed by atoms with Gasteiger partial charge in [-0.25, -0.2) is 8.42 Å². The Morgan fingerprint density at radius 2 is 1.67 bits per heavy atom. The highest BCUT2D eigenvalue weighted by molar-refractivity contribution is 7.89. The first-order valence-electron chi connectivity index (χ1n) is 10.5. The number of para-hydroxylation sites is 1. The van der Waals surface area contributed by atoms with Crippen molar-refractivity contribution in [3.05, 3.63) is 54.1 Å². The number of benzene rings is 2. The van der Waals surface area contributed by atoms with Crippen molar-refractivity contribution >= 4 is 21.6 Å². The molecule has 33 heavy (non-hydrogen) atoms. The molecule has 1 N–H and O–H groups in total. The van der Waals surface area contributed by atoms with Gasteiger partial charge in [0.15, 0.2) is 0 Å². The van der Waals surface area contributed by atoms with Gasteiger partial charge in [-0.3, -0.25) is 4.79 Å². The summed E-state index contributed by atoms with van der Waals surface area (Å²) < 4.78 is 68.3. The zero-order valence-electron chi connectivity index (χ0n) is 18.6. The molecule has 0 unspecified atom stereocenters. The summed E-state index contributed by atoms with van der Waals surface area (Å²) in [5, 5.41) is 2.97. The van der Waals surface area contributed by atoms with E-state index >= 15 is 0 Å². The number of nitrogens with zero attached hydrogens (tertiary/aromatic N) is 1. The Kier molecular flexibility index (Phi) is 7.09. The second-order valence-corrected chi connectivity index (χ2v) is 10.9. The summed E-state index contributed by atoms with van der Waals surface area (Å²) in [5.41, 5.74) is 1.57. The number of carbonyl (C=O) groups is 1. The molecule has 0 spiro atoms. The van der Waals surface area contributed by atoms with Crippen LogP contribution in [0.15, 0.2) is 53.4 Å². The Bertz CT molecular complexity index is 1100. The van der Waals surface area contributed by atoms with Crippen molar-refractivity contribution < 1.29 is 31.1 Å². The molecule has 0 atom stereocenters. The molecule has 2 aromatic carbocycles. The Morgan fingerprint density at radius 3 is 2.27 bits per heavy atom. The minimum absolute atomic E-state index is 0.0890. The fourth-order valence-corrected chi connectivity index (χ4v) is 5.33. The quantitative estimate of drug-likeness (QED) is 0.654. The standard InChI is InChI=1S/C23H27F3N2O4S/c1-22(2,3)19-9-4-5-10-20(19)27-21(29)16-11-13-28(14-12-16)33(30,31)18-8-6-7-17(15-18)32-23(24,25)26/h4-10,15-16H,11-14H2,1-3H3,(H,27,29). The van der Waals surface area contributed by atoms with Crippen LogP contribution in [-0.4, -0.2) is 38.1 Å². The van der Waals surface area contributed by atoms with Crippen LogP contribution in [0.4, 0.5) is 18.9 Å². The minimum atomic E-state index is -4.92. The van der Waals surface area contributed by atoms with E-state index in [4.69, 9.17) is 0 Å². The first-order valence-corrected chi connectivity index (χ1v) is 12.0. The van der Waals surface area contributed by atoms with Gasteiger partial charge in [0.1, 0.15) is 5.75 Å². The van der Waals surface area contributed by atoms with Gasteiger partial charge < -0.3 is 10.1 Å². The number of nitrogens with one attached hydrogen (secondary N) is 1. The Balaban J connectivity index is 1.66. The van der Waals surface area contributed by atoms with Crippen LogP contribution in [0, 0.1) is 5.92 Å². The maximum Gasteiger partial charge on any atom is 0.573 e. The van der Waals surface area contributed by atoms with Crippen molar-refractivity contribution in [3.63, 3.8) is 0 Å². The number of halogens is 3. The number of carbonyl (C=O) groups excluding carboxylic acids is 1. The van der Waals surface area contributed by atoms with Gasteiger partial charge in [-0.2, -0.15) is 4.31 Å². The molecular weight excluding hydrogens is 457 g/mol. The largest absolute Gasteiger partial charge is 0.573 e. The van der Waals surface area contributed by atoms with Crippen LogP contribution < -0.4 is 10.1 Å². The molecule has 6 nitrogen and oxygen atoms in total. The molecule has 0 aromatic heterocycles. The summed E-state index contributed by atoms with van der Waals surface area (Å²) in [5.74, 6) is -1.15. The second-order valence-electron chi connectivity index (χ2n) is 8.99. The average Bonchev–Trinajstić information content (AvgIpc) is 2.72. The maximum absolute atomic E-state index is 12.9. The Hall–Kier alpha value is -2.59. The highest BCUT2D eigenvalue weighted by atomic mass is 32.2. The van der Waals surface area contributed by atoms with Crippen LogP contribution in [0.3, 0.4) is 0 Å². The van der Waals surface area contributed by atoms with Gasteiger partial charge in [-0.15, -0.1) is 13.2 Å². The van der Waals surface area contributed by atoms with Gasteiger partial charge in [0.05, 0.1) is 4.90 Å². The summed E-state index contributed by atoms with van der Waals surface area (Å²) in [6, 6.07) is 11.9. The lowest BCUT2D eigenvalue weighted by Gasteiger charge is -2.31. The lowest BCUT2D eigenvalue weighted by Crippen LogP contribution is -2.41. The van der Waals surface area contributed by atoms with E-state index in [1.165, 1.54) is 16.4 Å². The molecule has 10 heteroatoms. The predicted molar refractivity (Wildman–Crippen MR) is 118 cm³/mol. The monoisotopic (exact) mass is 484 g/mol. The first-order chi connectivity index (χ1) is 15.3. The summed E-state index contributed by atoms with van der Waals surface area (Å²) >= 11 is 0. The topological polar surface area (TPSA) is 75.7 Å². The molecule has 1 saturated heterocycles. The van der Waals surface area contributed by atoms with Gasteiger partial charge in [0, 0.05) is 30.8 Å². The van der Waals surface area contributed by atoms with Crippen LogP contribution in [0.2, 0.25) is 0 Å². The lowest BCUT2D eigenvalue weighted by molar-refractivity contribution is -0.274. The van der Waals surface area contributed by atoms with E-state index in [1.807, 2.05) is 24.3 Å². The van der Waals surface area contributed by atoms with E-state index in [9.17, 15) is 26.4 Å². The smallest absolute Gasteiger partial charge is 0.406 e. The Labute approximate surface area is 191 Å². The van der Waals surface area contributed by atoms with Gasteiger partial charge in [0.25, 0.3) is 0 Å². The number of anilines is 1. The maximum atomic E-state index is 12.9. The van der Waals surface area contributed by atoms with E-state index in [1.54, 1.807) is 0 Å². The van der Waals surface area contributed by atoms with Gasteiger partial charge in [0.2, 0.25) is 15.9 Å². The molecule has 2 aromatic rings. The Morgan fingerprint density at radius 1 is 1.03 bits per heavy atom. The molecule has 1 aliphatic rings.